The van der Waals surface area contributed by atoms with E-state index >= 15 is 0 Å². The molecular weight excluding hydrogens is 204 g/mol. The van der Waals surface area contributed by atoms with Crippen molar-refractivity contribution >= 4 is 0 Å². The minimum atomic E-state index is 0.367. The van der Waals surface area contributed by atoms with Crippen molar-refractivity contribution in [1.29, 1.82) is 0 Å². The lowest BCUT2D eigenvalue weighted by atomic mass is 9.72. The first-order valence-corrected chi connectivity index (χ1v) is 7.08. The van der Waals surface area contributed by atoms with Gasteiger partial charge in [0, 0.05) is 0 Å². The Morgan fingerprint density at radius 2 is 1.59 bits per heavy atom. The maximum Gasteiger partial charge on any atom is -0.0152 e. The molecule has 0 heteroatoms. The second kappa shape index (κ2) is 9.50. The third-order valence-electron chi connectivity index (χ3n) is 2.85. The van der Waals surface area contributed by atoms with Crippen LogP contribution in [0.4, 0.5) is 0 Å². The van der Waals surface area contributed by atoms with Crippen LogP contribution < -0.4 is 0 Å². The van der Waals surface area contributed by atoms with E-state index in [1.54, 1.807) is 0 Å². The molecule has 0 saturated carbocycles. The van der Waals surface area contributed by atoms with Crippen molar-refractivity contribution in [3.63, 3.8) is 0 Å². The van der Waals surface area contributed by atoms with Crippen molar-refractivity contribution in [2.75, 3.05) is 0 Å². The lowest BCUT2D eigenvalue weighted by molar-refractivity contribution is 0.241. The summed E-state index contributed by atoms with van der Waals surface area (Å²) >= 11 is 0. The molecule has 1 unspecified atom stereocenters. The normalized spacial score (nSPS) is 14.8. The Kier molecular flexibility index (Phi) is 10.5. The summed E-state index contributed by atoms with van der Waals surface area (Å²) in [4.78, 5) is 0. The van der Waals surface area contributed by atoms with E-state index in [9.17, 15) is 0 Å². The summed E-state index contributed by atoms with van der Waals surface area (Å²) in [6, 6.07) is 0. The van der Waals surface area contributed by atoms with Crippen molar-refractivity contribution in [3.8, 4) is 0 Å². The lowest BCUT2D eigenvalue weighted by Gasteiger charge is -2.33. The molecule has 0 heterocycles. The molecule has 0 nitrogen and oxygen atoms in total. The van der Waals surface area contributed by atoms with Gasteiger partial charge in [-0.2, -0.15) is 0 Å². The van der Waals surface area contributed by atoms with E-state index in [2.05, 4.69) is 66.7 Å². The maximum atomic E-state index is 2.34. The molecule has 0 aliphatic rings. The first-order valence-electron chi connectivity index (χ1n) is 7.08. The highest BCUT2D eigenvalue weighted by Gasteiger charge is 2.26. The highest BCUT2D eigenvalue weighted by atomic mass is 14.3. The summed E-state index contributed by atoms with van der Waals surface area (Å²) in [6.45, 7) is 20.0. The Hall–Kier alpha value is -0.520. The summed E-state index contributed by atoms with van der Waals surface area (Å²) in [5, 5.41) is 0. The number of hydrogen-bond acceptors (Lipinski definition) is 0. The highest BCUT2D eigenvalue weighted by molar-refractivity contribution is 5.14. The van der Waals surface area contributed by atoms with E-state index in [0.717, 1.165) is 5.92 Å². The van der Waals surface area contributed by atoms with Gasteiger partial charge >= 0.3 is 0 Å². The molecule has 0 bridgehead atoms. The fourth-order valence-corrected chi connectivity index (χ4v) is 2.06. The largest absolute Gasteiger partial charge is 0.0877 e. The Bertz CT molecular complexity index is 223. The molecule has 0 radical (unpaired) electrons. The minimum absolute atomic E-state index is 0.367. The van der Waals surface area contributed by atoms with Crippen molar-refractivity contribution in [2.24, 2.45) is 17.3 Å². The predicted molar refractivity (Wildman–Crippen MR) is 82.3 cm³/mol. The summed E-state index contributed by atoms with van der Waals surface area (Å²) < 4.78 is 0. The Labute approximate surface area is 110 Å². The van der Waals surface area contributed by atoms with Gasteiger partial charge in [-0.05, 0) is 37.5 Å². The zero-order chi connectivity index (χ0) is 14.1. The van der Waals surface area contributed by atoms with Crippen LogP contribution in [-0.4, -0.2) is 0 Å². The monoisotopic (exact) mass is 238 g/mol. The van der Waals surface area contributed by atoms with E-state index < -0.39 is 0 Å². The minimum Gasteiger partial charge on any atom is -0.0877 e. The molecule has 17 heavy (non-hydrogen) atoms. The first-order chi connectivity index (χ1) is 7.79. The van der Waals surface area contributed by atoms with Crippen LogP contribution in [0, 0.1) is 17.3 Å². The van der Waals surface area contributed by atoms with Crippen LogP contribution in [0.3, 0.4) is 0 Å². The number of hydrogen-bond donors (Lipinski definition) is 0. The summed E-state index contributed by atoms with van der Waals surface area (Å²) in [5.41, 5.74) is 1.88. The van der Waals surface area contributed by atoms with E-state index in [-0.39, 0.29) is 0 Å². The van der Waals surface area contributed by atoms with Crippen LogP contribution >= 0.6 is 0 Å². The average molecular weight is 238 g/mol. The van der Waals surface area contributed by atoms with Gasteiger partial charge in [0.05, 0.1) is 0 Å². The van der Waals surface area contributed by atoms with Crippen LogP contribution in [0.1, 0.15) is 68.7 Å². The molecular formula is C17H34. The quantitative estimate of drug-likeness (QED) is 0.508. The van der Waals surface area contributed by atoms with Crippen molar-refractivity contribution in [2.45, 2.75) is 68.7 Å². The van der Waals surface area contributed by atoms with Crippen molar-refractivity contribution in [3.05, 3.63) is 23.8 Å². The zero-order valence-electron chi connectivity index (χ0n) is 13.6. The molecule has 102 valence electrons. The molecule has 0 spiro atoms. The molecule has 0 amide bonds. The van der Waals surface area contributed by atoms with Crippen LogP contribution in [0.2, 0.25) is 0 Å². The van der Waals surface area contributed by atoms with E-state index in [0.29, 0.717) is 11.3 Å². The molecule has 0 N–H and O–H groups in total. The van der Waals surface area contributed by atoms with Gasteiger partial charge < -0.3 is 0 Å². The van der Waals surface area contributed by atoms with Gasteiger partial charge in [0.15, 0.2) is 0 Å². The highest BCUT2D eigenvalue weighted by Crippen LogP contribution is 2.36. The molecule has 0 rings (SSSR count). The van der Waals surface area contributed by atoms with Gasteiger partial charge in [-0.25, -0.2) is 0 Å². The van der Waals surface area contributed by atoms with Crippen molar-refractivity contribution in [1.82, 2.24) is 0 Å². The Balaban J connectivity index is 0. The molecule has 0 aliphatic heterocycles. The first kappa shape index (κ1) is 18.8. The summed E-state index contributed by atoms with van der Waals surface area (Å²) in [6.07, 6.45) is 7.79. The van der Waals surface area contributed by atoms with Crippen molar-refractivity contribution < 1.29 is 0 Å². The second-order valence-electron chi connectivity index (χ2n) is 5.98. The maximum absolute atomic E-state index is 2.34. The van der Waals surface area contributed by atoms with Crippen LogP contribution in [-0.2, 0) is 0 Å². The molecule has 1 atom stereocenters. The van der Waals surface area contributed by atoms with Gasteiger partial charge in [-0.3, -0.25) is 0 Å². The molecule has 0 aromatic rings. The molecule has 0 aliphatic carbocycles. The van der Waals surface area contributed by atoms with Crippen LogP contribution in [0.15, 0.2) is 23.8 Å². The average Bonchev–Trinajstić information content (AvgIpc) is 2.23. The SMILES string of the molecule is C/C=C\C=C(/C)C(CC(C)C)C(C)(C)C.CC. The third-order valence-corrected chi connectivity index (χ3v) is 2.85. The zero-order valence-corrected chi connectivity index (χ0v) is 13.6. The van der Waals surface area contributed by atoms with E-state index in [1.165, 1.54) is 12.0 Å². The third kappa shape index (κ3) is 9.21. The van der Waals surface area contributed by atoms with Gasteiger partial charge in [-0.1, -0.05) is 72.3 Å². The van der Waals surface area contributed by atoms with E-state index in [1.807, 2.05) is 13.8 Å². The van der Waals surface area contributed by atoms with Gasteiger partial charge in [-0.15, -0.1) is 0 Å². The Morgan fingerprint density at radius 3 is 1.88 bits per heavy atom. The molecule has 0 aromatic heterocycles. The fourth-order valence-electron chi connectivity index (χ4n) is 2.06. The summed E-state index contributed by atoms with van der Waals surface area (Å²) in [7, 11) is 0. The second-order valence-corrected chi connectivity index (χ2v) is 5.98. The van der Waals surface area contributed by atoms with Gasteiger partial charge in [0.1, 0.15) is 0 Å². The smallest absolute Gasteiger partial charge is 0.0152 e. The van der Waals surface area contributed by atoms with E-state index in [4.69, 9.17) is 0 Å². The predicted octanol–water partition coefficient (Wildman–Crippen LogP) is 6.24. The van der Waals surface area contributed by atoms with Crippen LogP contribution in [0.5, 0.6) is 0 Å². The standard InChI is InChI=1S/C15H28.C2H6/c1-8-9-10-13(4)14(11-12(2)3)15(5,6)7;1-2/h8-10,12,14H,11H2,1-7H3;1-2H3/b9-8-,13-10+;. The summed E-state index contributed by atoms with van der Waals surface area (Å²) in [5.74, 6) is 1.46. The topological polar surface area (TPSA) is 0 Å². The van der Waals surface area contributed by atoms with Crippen LogP contribution in [0.25, 0.3) is 0 Å². The fraction of sp³-hybridized carbons (Fsp3) is 0.765. The molecule has 0 fully saturated rings. The Morgan fingerprint density at radius 1 is 1.12 bits per heavy atom. The number of allylic oxidation sites excluding steroid dienone is 4. The molecule has 0 aromatic carbocycles. The molecule has 0 saturated heterocycles. The van der Waals surface area contributed by atoms with Gasteiger partial charge in [0.2, 0.25) is 0 Å². The van der Waals surface area contributed by atoms with Gasteiger partial charge in [0.25, 0.3) is 0 Å². The number of rotatable bonds is 4. The lowest BCUT2D eigenvalue weighted by Crippen LogP contribution is -2.23.